The number of nitrogens with zero attached hydrogens (tertiary/aromatic N) is 1. The third kappa shape index (κ3) is 6.17. The van der Waals surface area contributed by atoms with Crippen molar-refractivity contribution in [2.45, 2.75) is 56.4 Å². The van der Waals surface area contributed by atoms with Crippen molar-refractivity contribution in [3.05, 3.63) is 60.2 Å². The summed E-state index contributed by atoms with van der Waals surface area (Å²) in [6, 6.07) is 14.4. The number of amides is 1. The molecule has 3 rings (SSSR count). The van der Waals surface area contributed by atoms with Crippen LogP contribution in [0.4, 0.5) is 5.69 Å². The summed E-state index contributed by atoms with van der Waals surface area (Å²) in [5.74, 6) is -0.649. The summed E-state index contributed by atoms with van der Waals surface area (Å²) in [5.41, 5.74) is 0.972. The average Bonchev–Trinajstić information content (AvgIpc) is 2.80. The zero-order valence-corrected chi connectivity index (χ0v) is 19.1. The highest BCUT2D eigenvalue weighted by Crippen LogP contribution is 2.27. The molecule has 1 heterocycles. The van der Waals surface area contributed by atoms with E-state index in [0.29, 0.717) is 30.8 Å². The van der Waals surface area contributed by atoms with Crippen LogP contribution in [0.2, 0.25) is 0 Å². The molecule has 0 bridgehead atoms. The predicted molar refractivity (Wildman–Crippen MR) is 123 cm³/mol. The lowest BCUT2D eigenvalue weighted by atomic mass is 10.0. The number of ether oxygens (including phenoxy) is 1. The number of hydrogen-bond donors (Lipinski definition) is 1. The van der Waals surface area contributed by atoms with Gasteiger partial charge in [-0.1, -0.05) is 38.0 Å². The molecular formula is C24H30N2O5S. The number of anilines is 1. The molecule has 2 aromatic rings. The highest BCUT2D eigenvalue weighted by Gasteiger charge is 2.34. The minimum atomic E-state index is -3.65. The normalized spacial score (nSPS) is 17.0. The van der Waals surface area contributed by atoms with Crippen LogP contribution in [0, 0.1) is 0 Å². The third-order valence-corrected chi connectivity index (χ3v) is 7.45. The minimum Gasteiger partial charge on any atom is -0.462 e. The fourth-order valence-electron chi connectivity index (χ4n) is 3.73. The van der Waals surface area contributed by atoms with Crippen molar-refractivity contribution in [1.29, 1.82) is 0 Å². The summed E-state index contributed by atoms with van der Waals surface area (Å²) < 4.78 is 32.8. The predicted octanol–water partition coefficient (Wildman–Crippen LogP) is 4.22. The quantitative estimate of drug-likeness (QED) is 0.449. The smallest absolute Gasteiger partial charge is 0.338 e. The zero-order chi connectivity index (χ0) is 23.0. The van der Waals surface area contributed by atoms with Gasteiger partial charge >= 0.3 is 5.97 Å². The van der Waals surface area contributed by atoms with E-state index in [0.717, 1.165) is 25.7 Å². The van der Waals surface area contributed by atoms with E-state index < -0.39 is 10.0 Å². The molecule has 0 spiro atoms. The van der Waals surface area contributed by atoms with Gasteiger partial charge in [-0.05, 0) is 55.7 Å². The van der Waals surface area contributed by atoms with E-state index in [1.165, 1.54) is 4.31 Å². The molecule has 1 aliphatic heterocycles. The van der Waals surface area contributed by atoms with Crippen molar-refractivity contribution >= 4 is 27.6 Å². The Balaban J connectivity index is 1.61. The number of sulfonamides is 1. The molecule has 32 heavy (non-hydrogen) atoms. The van der Waals surface area contributed by atoms with E-state index in [1.807, 2.05) is 6.92 Å². The monoisotopic (exact) mass is 458 g/mol. The first-order valence-corrected chi connectivity index (χ1v) is 12.5. The molecule has 1 fully saturated rings. The van der Waals surface area contributed by atoms with Gasteiger partial charge in [0.05, 0.1) is 17.1 Å². The van der Waals surface area contributed by atoms with Gasteiger partial charge in [-0.3, -0.25) is 4.79 Å². The van der Waals surface area contributed by atoms with Crippen LogP contribution in [-0.4, -0.2) is 43.8 Å². The summed E-state index contributed by atoms with van der Waals surface area (Å²) in [7, 11) is -3.65. The number of carbonyl (C=O) groups excluding carboxylic acids is 2. The van der Waals surface area contributed by atoms with Crippen LogP contribution in [0.25, 0.3) is 0 Å². The van der Waals surface area contributed by atoms with Crippen molar-refractivity contribution in [3.8, 4) is 0 Å². The Morgan fingerprint density at radius 1 is 1.06 bits per heavy atom. The van der Waals surface area contributed by atoms with Gasteiger partial charge in [-0.2, -0.15) is 4.31 Å². The van der Waals surface area contributed by atoms with E-state index in [-0.39, 0.29) is 29.2 Å². The SMILES string of the molecule is CCCCOC(=O)c1ccc(NC(=O)CC2CCCCN2S(=O)(=O)c2ccccc2)cc1. The van der Waals surface area contributed by atoms with E-state index in [1.54, 1.807) is 54.6 Å². The van der Waals surface area contributed by atoms with Crippen LogP contribution < -0.4 is 5.32 Å². The van der Waals surface area contributed by atoms with Gasteiger partial charge in [0.15, 0.2) is 0 Å². The topological polar surface area (TPSA) is 92.8 Å². The Labute approximate surface area is 189 Å². The molecule has 0 aliphatic carbocycles. The molecule has 2 aromatic carbocycles. The highest BCUT2D eigenvalue weighted by molar-refractivity contribution is 7.89. The van der Waals surface area contributed by atoms with Crippen molar-refractivity contribution < 1.29 is 22.7 Å². The van der Waals surface area contributed by atoms with Crippen LogP contribution in [0.1, 0.15) is 55.8 Å². The Morgan fingerprint density at radius 3 is 2.47 bits per heavy atom. The molecule has 0 radical (unpaired) electrons. The minimum absolute atomic E-state index is 0.0763. The maximum absolute atomic E-state index is 13.1. The second-order valence-electron chi connectivity index (χ2n) is 7.90. The van der Waals surface area contributed by atoms with Gasteiger partial charge in [-0.15, -0.1) is 0 Å². The standard InChI is InChI=1S/C24H30N2O5S/c1-2-3-17-31-24(28)19-12-14-20(15-13-19)25-23(27)18-21-9-7-8-16-26(21)32(29,30)22-10-5-4-6-11-22/h4-6,10-15,21H,2-3,7-9,16-18H2,1H3,(H,25,27). The number of piperidine rings is 1. The molecule has 172 valence electrons. The first-order valence-electron chi connectivity index (χ1n) is 11.1. The molecule has 1 saturated heterocycles. The largest absolute Gasteiger partial charge is 0.462 e. The maximum Gasteiger partial charge on any atom is 0.338 e. The van der Waals surface area contributed by atoms with Crippen LogP contribution in [0.5, 0.6) is 0 Å². The molecule has 0 aromatic heterocycles. The first kappa shape index (κ1) is 23.9. The Hall–Kier alpha value is -2.71. The number of benzene rings is 2. The third-order valence-electron chi connectivity index (χ3n) is 5.48. The van der Waals surface area contributed by atoms with Crippen LogP contribution >= 0.6 is 0 Å². The van der Waals surface area contributed by atoms with E-state index in [9.17, 15) is 18.0 Å². The fraction of sp³-hybridized carbons (Fsp3) is 0.417. The summed E-state index contributed by atoms with van der Waals surface area (Å²) in [6.07, 6.45) is 4.14. The lowest BCUT2D eigenvalue weighted by Crippen LogP contribution is -2.45. The molecule has 1 atom stereocenters. The number of esters is 1. The molecule has 1 N–H and O–H groups in total. The first-order chi connectivity index (χ1) is 15.4. The molecule has 1 amide bonds. The second-order valence-corrected chi connectivity index (χ2v) is 9.79. The number of unbranched alkanes of at least 4 members (excludes halogenated alkanes) is 1. The van der Waals surface area contributed by atoms with Gasteiger partial charge in [0.2, 0.25) is 15.9 Å². The molecule has 7 nitrogen and oxygen atoms in total. The van der Waals surface area contributed by atoms with E-state index in [2.05, 4.69) is 5.32 Å². The van der Waals surface area contributed by atoms with E-state index in [4.69, 9.17) is 4.74 Å². The summed E-state index contributed by atoms with van der Waals surface area (Å²) in [5, 5.41) is 2.81. The van der Waals surface area contributed by atoms with E-state index >= 15 is 0 Å². The molecule has 0 saturated carbocycles. The lowest BCUT2D eigenvalue weighted by molar-refractivity contribution is -0.117. The maximum atomic E-state index is 13.1. The molecule has 1 aliphatic rings. The van der Waals surface area contributed by atoms with Gasteiger partial charge in [0.25, 0.3) is 0 Å². The average molecular weight is 459 g/mol. The Morgan fingerprint density at radius 2 is 1.78 bits per heavy atom. The van der Waals surface area contributed by atoms with Crippen molar-refractivity contribution in [1.82, 2.24) is 4.31 Å². The number of carbonyl (C=O) groups is 2. The summed E-state index contributed by atoms with van der Waals surface area (Å²) in [6.45, 7) is 2.82. The Bertz CT molecular complexity index is 1010. The van der Waals surface area contributed by atoms with Gasteiger partial charge in [-0.25, -0.2) is 13.2 Å². The molecule has 8 heteroatoms. The van der Waals surface area contributed by atoms with Gasteiger partial charge in [0.1, 0.15) is 0 Å². The molecule has 1 unspecified atom stereocenters. The van der Waals surface area contributed by atoms with Crippen molar-refractivity contribution in [3.63, 3.8) is 0 Å². The number of nitrogens with one attached hydrogen (secondary N) is 1. The van der Waals surface area contributed by atoms with Crippen LogP contribution in [0.3, 0.4) is 0 Å². The number of hydrogen-bond acceptors (Lipinski definition) is 5. The summed E-state index contributed by atoms with van der Waals surface area (Å²) in [4.78, 5) is 24.9. The number of rotatable bonds is 9. The fourth-order valence-corrected chi connectivity index (χ4v) is 5.44. The van der Waals surface area contributed by atoms with Crippen LogP contribution in [-0.2, 0) is 19.6 Å². The highest BCUT2D eigenvalue weighted by atomic mass is 32.2. The van der Waals surface area contributed by atoms with Crippen molar-refractivity contribution in [2.75, 3.05) is 18.5 Å². The molecular weight excluding hydrogens is 428 g/mol. The zero-order valence-electron chi connectivity index (χ0n) is 18.3. The van der Waals surface area contributed by atoms with Gasteiger partial charge in [0, 0.05) is 24.7 Å². The van der Waals surface area contributed by atoms with Crippen LogP contribution in [0.15, 0.2) is 59.5 Å². The lowest BCUT2D eigenvalue weighted by Gasteiger charge is -2.34. The van der Waals surface area contributed by atoms with Crippen molar-refractivity contribution in [2.24, 2.45) is 0 Å². The second kappa shape index (κ2) is 11.2. The van der Waals surface area contributed by atoms with Gasteiger partial charge < -0.3 is 10.1 Å². The summed E-state index contributed by atoms with van der Waals surface area (Å²) >= 11 is 0. The Kier molecular flexibility index (Phi) is 8.41.